The molecule has 3 heterocycles. The van der Waals surface area contributed by atoms with Crippen LogP contribution < -0.4 is 14.4 Å². The molecule has 32 heavy (non-hydrogen) atoms. The lowest BCUT2D eigenvalue weighted by molar-refractivity contribution is 0.0985. The van der Waals surface area contributed by atoms with Gasteiger partial charge in [-0.3, -0.25) is 4.79 Å². The fraction of sp³-hybridized carbons (Fsp3) is 0.120. The Kier molecular flexibility index (Phi) is 5.72. The first kappa shape index (κ1) is 20.1. The van der Waals surface area contributed by atoms with Gasteiger partial charge in [-0.05, 0) is 29.8 Å². The van der Waals surface area contributed by atoms with Gasteiger partial charge in [-0.25, -0.2) is 4.98 Å². The van der Waals surface area contributed by atoms with Gasteiger partial charge in [-0.2, -0.15) is 0 Å². The van der Waals surface area contributed by atoms with Crippen molar-refractivity contribution in [1.82, 2.24) is 4.98 Å². The first-order chi connectivity index (χ1) is 15.8. The van der Waals surface area contributed by atoms with E-state index in [-0.39, 0.29) is 5.91 Å². The number of aromatic nitrogens is 1. The van der Waals surface area contributed by atoms with Crippen LogP contribution in [0.2, 0.25) is 0 Å². The Morgan fingerprint density at radius 3 is 2.69 bits per heavy atom. The summed E-state index contributed by atoms with van der Waals surface area (Å²) in [6.45, 7) is 1.38. The Balaban J connectivity index is 1.45. The van der Waals surface area contributed by atoms with E-state index in [1.165, 1.54) is 11.3 Å². The highest BCUT2D eigenvalue weighted by Gasteiger charge is 2.23. The van der Waals surface area contributed by atoms with Crippen molar-refractivity contribution in [1.29, 1.82) is 0 Å². The molecule has 0 saturated heterocycles. The summed E-state index contributed by atoms with van der Waals surface area (Å²) < 4.78 is 16.8. The summed E-state index contributed by atoms with van der Waals surface area (Å²) in [6, 6.07) is 19.1. The second kappa shape index (κ2) is 9.11. The van der Waals surface area contributed by atoms with Gasteiger partial charge in [0.2, 0.25) is 0 Å². The largest absolute Gasteiger partial charge is 0.486 e. The van der Waals surface area contributed by atoms with E-state index < -0.39 is 0 Å². The molecule has 0 fully saturated rings. The zero-order chi connectivity index (χ0) is 21.8. The topological polar surface area (TPSA) is 64.8 Å². The van der Waals surface area contributed by atoms with E-state index in [1.54, 1.807) is 22.6 Å². The molecule has 0 aliphatic carbocycles. The van der Waals surface area contributed by atoms with Crippen LogP contribution in [0.5, 0.6) is 11.5 Å². The van der Waals surface area contributed by atoms with Gasteiger partial charge in [-0.15, -0.1) is 11.3 Å². The van der Waals surface area contributed by atoms with E-state index in [0.29, 0.717) is 53.4 Å². The zero-order valence-electron chi connectivity index (χ0n) is 17.1. The maximum absolute atomic E-state index is 13.5. The summed E-state index contributed by atoms with van der Waals surface area (Å²) >= 11 is 1.38. The summed E-state index contributed by atoms with van der Waals surface area (Å²) in [4.78, 5) is 19.7. The van der Waals surface area contributed by atoms with E-state index in [4.69, 9.17) is 13.9 Å². The Morgan fingerprint density at radius 2 is 1.88 bits per heavy atom. The SMILES string of the molecule is O=C(c1csc(-c2ccco2)n1)N(C/C=C/c1ccccc1)c1ccc2c(c1)OCCO2. The molecule has 1 aliphatic heterocycles. The van der Waals surface area contributed by atoms with E-state index in [1.807, 2.05) is 66.7 Å². The van der Waals surface area contributed by atoms with Crippen LogP contribution in [0.4, 0.5) is 5.69 Å². The number of carbonyl (C=O) groups is 1. The van der Waals surface area contributed by atoms with Crippen LogP contribution in [-0.4, -0.2) is 30.6 Å². The van der Waals surface area contributed by atoms with Gasteiger partial charge in [0.1, 0.15) is 18.9 Å². The predicted molar refractivity (Wildman–Crippen MR) is 124 cm³/mol. The maximum Gasteiger partial charge on any atom is 0.278 e. The number of ether oxygens (including phenoxy) is 2. The van der Waals surface area contributed by atoms with Crippen LogP contribution in [0, 0.1) is 0 Å². The minimum absolute atomic E-state index is 0.201. The van der Waals surface area contributed by atoms with Crippen LogP contribution in [0.3, 0.4) is 0 Å². The highest BCUT2D eigenvalue weighted by molar-refractivity contribution is 7.13. The van der Waals surface area contributed by atoms with Crippen LogP contribution >= 0.6 is 11.3 Å². The Morgan fingerprint density at radius 1 is 1.03 bits per heavy atom. The normalized spacial score (nSPS) is 12.8. The Bertz CT molecular complexity index is 1230. The monoisotopic (exact) mass is 444 g/mol. The van der Waals surface area contributed by atoms with Gasteiger partial charge in [0, 0.05) is 23.7 Å². The van der Waals surface area contributed by atoms with Crippen LogP contribution in [0.1, 0.15) is 16.1 Å². The molecule has 160 valence electrons. The molecule has 0 bridgehead atoms. The molecule has 0 unspecified atom stereocenters. The molecule has 4 aromatic rings. The number of fused-ring (bicyclic) bond motifs is 1. The number of thiazole rings is 1. The minimum Gasteiger partial charge on any atom is -0.486 e. The molecular formula is C25H20N2O4S. The number of amides is 1. The van der Waals surface area contributed by atoms with E-state index in [9.17, 15) is 4.79 Å². The summed E-state index contributed by atoms with van der Waals surface area (Å²) in [5.41, 5.74) is 2.14. The number of benzene rings is 2. The number of rotatable bonds is 6. The van der Waals surface area contributed by atoms with E-state index >= 15 is 0 Å². The van der Waals surface area contributed by atoms with Gasteiger partial charge < -0.3 is 18.8 Å². The summed E-state index contributed by atoms with van der Waals surface area (Å²) in [6.07, 6.45) is 5.55. The Labute approximate surface area is 189 Å². The number of carbonyl (C=O) groups excluding carboxylic acids is 1. The lowest BCUT2D eigenvalue weighted by Gasteiger charge is -2.24. The standard InChI is InChI=1S/C25H20N2O4S/c28-25(20-17-32-24(26-20)22-9-5-13-29-22)27(12-4-8-18-6-2-1-3-7-18)19-10-11-21-23(16-19)31-15-14-30-21/h1-11,13,16-17H,12,14-15H2/b8-4+. The van der Waals surface area contributed by atoms with Crippen molar-refractivity contribution >= 4 is 29.0 Å². The summed E-state index contributed by atoms with van der Waals surface area (Å²) in [7, 11) is 0. The average molecular weight is 445 g/mol. The second-order valence-corrected chi connectivity index (χ2v) is 7.93. The molecule has 7 heteroatoms. The number of hydrogen-bond donors (Lipinski definition) is 0. The molecule has 2 aromatic heterocycles. The smallest absolute Gasteiger partial charge is 0.278 e. The third kappa shape index (κ3) is 4.29. The van der Waals surface area contributed by atoms with Crippen molar-refractivity contribution in [3.05, 3.63) is 89.6 Å². The molecule has 0 radical (unpaired) electrons. The highest BCUT2D eigenvalue weighted by atomic mass is 32.1. The first-order valence-electron chi connectivity index (χ1n) is 10.2. The zero-order valence-corrected chi connectivity index (χ0v) is 18.0. The molecule has 0 saturated carbocycles. The third-order valence-corrected chi connectivity index (χ3v) is 5.79. The highest BCUT2D eigenvalue weighted by Crippen LogP contribution is 2.35. The lowest BCUT2D eigenvalue weighted by Crippen LogP contribution is -2.31. The van der Waals surface area contributed by atoms with Crippen molar-refractivity contribution in [2.45, 2.75) is 0 Å². The van der Waals surface area contributed by atoms with Gasteiger partial charge in [-0.1, -0.05) is 42.5 Å². The number of anilines is 1. The number of hydrogen-bond acceptors (Lipinski definition) is 6. The van der Waals surface area contributed by atoms with Gasteiger partial charge in [0.25, 0.3) is 5.91 Å². The van der Waals surface area contributed by atoms with Crippen molar-refractivity contribution in [2.24, 2.45) is 0 Å². The summed E-state index contributed by atoms with van der Waals surface area (Å²) in [5, 5.41) is 2.42. The van der Waals surface area contributed by atoms with Crippen molar-refractivity contribution in [2.75, 3.05) is 24.7 Å². The van der Waals surface area contributed by atoms with Gasteiger partial charge >= 0.3 is 0 Å². The van der Waals surface area contributed by atoms with Crippen molar-refractivity contribution < 1.29 is 18.7 Å². The van der Waals surface area contributed by atoms with Gasteiger partial charge in [0.15, 0.2) is 22.3 Å². The molecule has 2 aromatic carbocycles. The molecule has 0 atom stereocenters. The second-order valence-electron chi connectivity index (χ2n) is 7.07. The fourth-order valence-corrected chi connectivity index (χ4v) is 4.15. The molecule has 1 aliphatic rings. The van der Waals surface area contributed by atoms with Crippen LogP contribution in [0.25, 0.3) is 16.8 Å². The van der Waals surface area contributed by atoms with Crippen molar-refractivity contribution in [3.63, 3.8) is 0 Å². The minimum atomic E-state index is -0.201. The molecule has 0 spiro atoms. The predicted octanol–water partition coefficient (Wildman–Crippen LogP) is 5.53. The molecule has 0 N–H and O–H groups in total. The molecule has 1 amide bonds. The number of furan rings is 1. The van der Waals surface area contributed by atoms with Crippen LogP contribution in [0.15, 0.2) is 82.8 Å². The number of nitrogens with zero attached hydrogens (tertiary/aromatic N) is 2. The fourth-order valence-electron chi connectivity index (χ4n) is 3.39. The van der Waals surface area contributed by atoms with E-state index in [0.717, 1.165) is 5.56 Å². The van der Waals surface area contributed by atoms with Gasteiger partial charge in [0.05, 0.1) is 6.26 Å². The maximum atomic E-state index is 13.5. The Hall–Kier alpha value is -3.84. The summed E-state index contributed by atoms with van der Waals surface area (Å²) in [5.74, 6) is 1.76. The first-order valence-corrected chi connectivity index (χ1v) is 11.1. The quantitative estimate of drug-likeness (QED) is 0.391. The molecule has 5 rings (SSSR count). The van der Waals surface area contributed by atoms with Crippen molar-refractivity contribution in [3.8, 4) is 22.3 Å². The molecule has 6 nitrogen and oxygen atoms in total. The lowest BCUT2D eigenvalue weighted by atomic mass is 10.2. The average Bonchev–Trinajstić information content (AvgIpc) is 3.54. The third-order valence-electron chi connectivity index (χ3n) is 4.94. The van der Waals surface area contributed by atoms with Crippen LogP contribution in [-0.2, 0) is 0 Å². The van der Waals surface area contributed by atoms with E-state index in [2.05, 4.69) is 4.98 Å². The molecular weight excluding hydrogens is 424 g/mol.